The minimum absolute atomic E-state index is 0.105. The highest BCUT2D eigenvalue weighted by Gasteiger charge is 2.31. The van der Waals surface area contributed by atoms with Gasteiger partial charge >= 0.3 is 0 Å². The zero-order valence-electron chi connectivity index (χ0n) is 11.1. The van der Waals surface area contributed by atoms with Gasteiger partial charge < -0.3 is 5.32 Å². The molecule has 1 aliphatic carbocycles. The zero-order chi connectivity index (χ0) is 13.7. The summed E-state index contributed by atoms with van der Waals surface area (Å²) in [5.41, 5.74) is 0.503. The van der Waals surface area contributed by atoms with Crippen LogP contribution in [-0.2, 0) is 0 Å². The van der Waals surface area contributed by atoms with Crippen molar-refractivity contribution in [3.63, 3.8) is 0 Å². The molecule has 1 saturated carbocycles. The maximum Gasteiger partial charge on any atom is 0.252 e. The lowest BCUT2D eigenvalue weighted by Crippen LogP contribution is -2.41. The third kappa shape index (κ3) is 3.63. The van der Waals surface area contributed by atoms with E-state index in [1.54, 1.807) is 12.3 Å². The van der Waals surface area contributed by atoms with Crippen LogP contribution in [0.15, 0.2) is 18.5 Å². The van der Waals surface area contributed by atoms with Crippen molar-refractivity contribution in [2.45, 2.75) is 36.9 Å². The summed E-state index contributed by atoms with van der Waals surface area (Å²) in [4.78, 5) is 16.0. The predicted molar refractivity (Wildman–Crippen MR) is 80.9 cm³/mol. The SMILES string of the molecule is CSC1(CNC(=O)c2ccncc2Cl)CCCCC1. The summed E-state index contributed by atoms with van der Waals surface area (Å²) in [7, 11) is 0. The number of halogens is 1. The molecule has 5 heteroatoms. The van der Waals surface area contributed by atoms with Crippen molar-refractivity contribution >= 4 is 29.3 Å². The molecule has 1 heterocycles. The van der Waals surface area contributed by atoms with Gasteiger partial charge in [0.2, 0.25) is 0 Å². The van der Waals surface area contributed by atoms with Crippen molar-refractivity contribution in [2.24, 2.45) is 0 Å². The van der Waals surface area contributed by atoms with Crippen LogP contribution in [0.2, 0.25) is 5.02 Å². The highest BCUT2D eigenvalue weighted by molar-refractivity contribution is 8.00. The molecule has 104 valence electrons. The molecular weight excluding hydrogens is 280 g/mol. The molecule has 1 fully saturated rings. The number of aromatic nitrogens is 1. The largest absolute Gasteiger partial charge is 0.351 e. The smallest absolute Gasteiger partial charge is 0.252 e. The van der Waals surface area contributed by atoms with Gasteiger partial charge in [-0.2, -0.15) is 11.8 Å². The van der Waals surface area contributed by atoms with Gasteiger partial charge in [-0.25, -0.2) is 0 Å². The molecule has 1 amide bonds. The van der Waals surface area contributed by atoms with Gasteiger partial charge in [-0.05, 0) is 25.2 Å². The third-order valence-corrected chi connectivity index (χ3v) is 5.51. The van der Waals surface area contributed by atoms with Crippen molar-refractivity contribution < 1.29 is 4.79 Å². The summed E-state index contributed by atoms with van der Waals surface area (Å²) in [6, 6.07) is 1.66. The van der Waals surface area contributed by atoms with Gasteiger partial charge in [0.1, 0.15) is 0 Å². The number of nitrogens with one attached hydrogen (secondary N) is 1. The van der Waals surface area contributed by atoms with Crippen LogP contribution in [0, 0.1) is 0 Å². The number of carbonyl (C=O) groups excluding carboxylic acids is 1. The molecule has 0 saturated heterocycles. The third-order valence-electron chi connectivity index (χ3n) is 3.79. The molecule has 0 unspecified atom stereocenters. The van der Waals surface area contributed by atoms with E-state index in [4.69, 9.17) is 11.6 Å². The molecule has 19 heavy (non-hydrogen) atoms. The van der Waals surface area contributed by atoms with Gasteiger partial charge in [0.15, 0.2) is 0 Å². The fourth-order valence-electron chi connectivity index (χ4n) is 2.55. The van der Waals surface area contributed by atoms with E-state index in [0.29, 0.717) is 17.1 Å². The van der Waals surface area contributed by atoms with Crippen molar-refractivity contribution in [3.05, 3.63) is 29.0 Å². The molecular formula is C14H19ClN2OS. The van der Waals surface area contributed by atoms with Crippen LogP contribution in [0.5, 0.6) is 0 Å². The second-order valence-electron chi connectivity index (χ2n) is 4.99. The van der Waals surface area contributed by atoms with Gasteiger partial charge in [-0.1, -0.05) is 30.9 Å². The van der Waals surface area contributed by atoms with Crippen LogP contribution in [0.4, 0.5) is 0 Å². The Bertz CT molecular complexity index is 447. The van der Waals surface area contributed by atoms with Crippen LogP contribution in [0.1, 0.15) is 42.5 Å². The predicted octanol–water partition coefficient (Wildman–Crippen LogP) is 3.53. The number of rotatable bonds is 4. The Morgan fingerprint density at radius 3 is 2.84 bits per heavy atom. The van der Waals surface area contributed by atoms with Crippen LogP contribution >= 0.6 is 23.4 Å². The Morgan fingerprint density at radius 1 is 1.47 bits per heavy atom. The van der Waals surface area contributed by atoms with Gasteiger partial charge in [-0.3, -0.25) is 9.78 Å². The zero-order valence-corrected chi connectivity index (χ0v) is 12.7. The lowest BCUT2D eigenvalue weighted by Gasteiger charge is -2.35. The van der Waals surface area contributed by atoms with Crippen LogP contribution in [-0.4, -0.2) is 28.4 Å². The fraction of sp³-hybridized carbons (Fsp3) is 0.571. The number of hydrogen-bond acceptors (Lipinski definition) is 3. The highest BCUT2D eigenvalue weighted by Crippen LogP contribution is 2.38. The molecule has 0 bridgehead atoms. The van der Waals surface area contributed by atoms with Crippen molar-refractivity contribution in [2.75, 3.05) is 12.8 Å². The van der Waals surface area contributed by atoms with Crippen molar-refractivity contribution in [3.8, 4) is 0 Å². The average molecular weight is 299 g/mol. The first-order valence-electron chi connectivity index (χ1n) is 6.60. The molecule has 1 N–H and O–H groups in total. The molecule has 1 aromatic rings. The van der Waals surface area contributed by atoms with Crippen LogP contribution in [0.3, 0.4) is 0 Å². The summed E-state index contributed by atoms with van der Waals surface area (Å²) in [6.07, 6.45) is 11.4. The molecule has 0 aliphatic heterocycles. The quantitative estimate of drug-likeness (QED) is 0.924. The Hall–Kier alpha value is -0.740. The highest BCUT2D eigenvalue weighted by atomic mass is 35.5. The van der Waals surface area contributed by atoms with Crippen molar-refractivity contribution in [1.29, 1.82) is 0 Å². The first kappa shape index (κ1) is 14.7. The first-order valence-corrected chi connectivity index (χ1v) is 8.20. The summed E-state index contributed by atoms with van der Waals surface area (Å²) in [6.45, 7) is 0.714. The number of nitrogens with zero attached hydrogens (tertiary/aromatic N) is 1. The van der Waals surface area contributed by atoms with E-state index in [0.717, 1.165) is 0 Å². The summed E-state index contributed by atoms with van der Waals surface area (Å²) < 4.78 is 0.202. The Labute approximate surface area is 123 Å². The van der Waals surface area contributed by atoms with E-state index in [1.807, 2.05) is 11.8 Å². The normalized spacial score (nSPS) is 18.0. The number of carbonyl (C=O) groups is 1. The van der Waals surface area contributed by atoms with E-state index in [9.17, 15) is 4.79 Å². The van der Waals surface area contributed by atoms with Gasteiger partial charge in [0.05, 0.1) is 10.6 Å². The lowest BCUT2D eigenvalue weighted by molar-refractivity contribution is 0.0947. The molecule has 3 nitrogen and oxygen atoms in total. The van der Waals surface area contributed by atoms with E-state index >= 15 is 0 Å². The lowest BCUT2D eigenvalue weighted by atomic mass is 9.88. The van der Waals surface area contributed by atoms with E-state index in [-0.39, 0.29) is 10.7 Å². The number of thioether (sulfide) groups is 1. The van der Waals surface area contributed by atoms with E-state index < -0.39 is 0 Å². The monoisotopic (exact) mass is 298 g/mol. The second kappa shape index (κ2) is 6.62. The number of hydrogen-bond donors (Lipinski definition) is 1. The molecule has 0 radical (unpaired) electrons. The van der Waals surface area contributed by atoms with Gasteiger partial charge in [0.25, 0.3) is 5.91 Å². The first-order chi connectivity index (χ1) is 9.17. The molecule has 0 aromatic carbocycles. The molecule has 2 rings (SSSR count). The molecule has 1 aromatic heterocycles. The second-order valence-corrected chi connectivity index (χ2v) is 6.67. The summed E-state index contributed by atoms with van der Waals surface area (Å²) >= 11 is 7.86. The number of pyridine rings is 1. The summed E-state index contributed by atoms with van der Waals surface area (Å²) in [5.74, 6) is -0.105. The van der Waals surface area contributed by atoms with E-state index in [2.05, 4.69) is 16.6 Å². The Morgan fingerprint density at radius 2 is 2.21 bits per heavy atom. The Balaban J connectivity index is 1.98. The maximum atomic E-state index is 12.1. The maximum absolute atomic E-state index is 12.1. The minimum Gasteiger partial charge on any atom is -0.351 e. The van der Waals surface area contributed by atoms with Gasteiger partial charge in [0, 0.05) is 23.7 Å². The molecule has 0 spiro atoms. The average Bonchev–Trinajstić information content (AvgIpc) is 2.46. The standard InChI is InChI=1S/C14H19ClN2OS/c1-19-14(6-3-2-4-7-14)10-17-13(18)11-5-8-16-9-12(11)15/h5,8-9H,2-4,6-7,10H2,1H3,(H,17,18). The molecule has 1 aliphatic rings. The fourth-order valence-corrected chi connectivity index (χ4v) is 3.66. The van der Waals surface area contributed by atoms with Crippen LogP contribution in [0.25, 0.3) is 0 Å². The minimum atomic E-state index is -0.105. The summed E-state index contributed by atoms with van der Waals surface area (Å²) in [5, 5.41) is 3.43. The van der Waals surface area contributed by atoms with Crippen molar-refractivity contribution in [1.82, 2.24) is 10.3 Å². The van der Waals surface area contributed by atoms with Gasteiger partial charge in [-0.15, -0.1) is 0 Å². The Kier molecular flexibility index (Phi) is 5.11. The van der Waals surface area contributed by atoms with Crippen LogP contribution < -0.4 is 5.32 Å². The topological polar surface area (TPSA) is 42.0 Å². The van der Waals surface area contributed by atoms with E-state index in [1.165, 1.54) is 38.3 Å². The number of amides is 1. The molecule has 0 atom stereocenters.